The largest absolute Gasteiger partial charge is 0.421 e. The molecule has 1 aromatic rings. The molecule has 13 heteroatoms. The maximum Gasteiger partial charge on any atom is 0.421 e. The number of morpholine rings is 1. The molecule has 8 nitrogen and oxygen atoms in total. The zero-order chi connectivity index (χ0) is 27.7. The molecule has 0 aromatic heterocycles. The average Bonchev–Trinajstić information content (AvgIpc) is 2.88. The third kappa shape index (κ3) is 5.98. The second-order valence-electron chi connectivity index (χ2n) is 9.85. The van der Waals surface area contributed by atoms with Crippen LogP contribution in [-0.2, 0) is 20.4 Å². The molecule has 210 valence electrons. The van der Waals surface area contributed by atoms with Gasteiger partial charge in [0.15, 0.2) is 5.60 Å². The minimum atomic E-state index is -4.83. The number of nitrogens with zero attached hydrogens (tertiary/aromatic N) is 3. The number of anilines is 1. The maximum absolute atomic E-state index is 13.5. The molecule has 0 saturated carbocycles. The van der Waals surface area contributed by atoms with Crippen molar-refractivity contribution in [1.82, 2.24) is 9.21 Å². The highest BCUT2D eigenvalue weighted by Gasteiger charge is 2.51. The van der Waals surface area contributed by atoms with Crippen LogP contribution in [0.3, 0.4) is 0 Å². The number of rotatable bonds is 7. The van der Waals surface area contributed by atoms with Crippen molar-refractivity contribution < 1.29 is 36.5 Å². The molecule has 3 aliphatic rings. The normalized spacial score (nSPS) is 25.8. The molecule has 3 atom stereocenters. The highest BCUT2D eigenvalue weighted by Crippen LogP contribution is 2.39. The quantitative estimate of drug-likeness (QED) is 0.478. The molecule has 2 fully saturated rings. The van der Waals surface area contributed by atoms with Gasteiger partial charge in [-0.15, -0.1) is 0 Å². The highest BCUT2D eigenvalue weighted by molar-refractivity contribution is 7.96. The summed E-state index contributed by atoms with van der Waals surface area (Å²) in [7, 11) is -3.84. The predicted molar refractivity (Wildman–Crippen MR) is 141 cm³/mol. The summed E-state index contributed by atoms with van der Waals surface area (Å²) >= 11 is 5.32. The maximum atomic E-state index is 13.5. The van der Waals surface area contributed by atoms with E-state index in [0.717, 1.165) is 0 Å². The van der Waals surface area contributed by atoms with Crippen LogP contribution in [0.25, 0.3) is 0 Å². The Balaban J connectivity index is 1.60. The van der Waals surface area contributed by atoms with Gasteiger partial charge in [0, 0.05) is 56.2 Å². The smallest absolute Gasteiger partial charge is 0.394 e. The Morgan fingerprint density at radius 2 is 1.84 bits per heavy atom. The number of sulfonamides is 1. The number of thiocarbonyl (C=S) groups is 1. The van der Waals surface area contributed by atoms with Crippen molar-refractivity contribution in [2.75, 3.05) is 57.4 Å². The van der Waals surface area contributed by atoms with Crippen molar-refractivity contribution in [3.05, 3.63) is 53.0 Å². The van der Waals surface area contributed by atoms with E-state index in [4.69, 9.17) is 17.0 Å². The van der Waals surface area contributed by atoms with E-state index in [1.165, 1.54) is 34.6 Å². The van der Waals surface area contributed by atoms with E-state index in [1.54, 1.807) is 12.2 Å². The standard InChI is InChI=1S/C25H32F3N3O5S2/c1-24(33,25(26,27)28)18-6-8-19(9-7-18)31-11-10-30(38(34,35)23-5-3-2-4-22(23)37)15-20(31)14-29-12-13-36-21(16-29)17-32/h2-3,5-9,20-21,32-33H,4,10-17H2,1H3/t20-,21-,24+/m1/s1. The van der Waals surface area contributed by atoms with Crippen LogP contribution in [0.15, 0.2) is 47.4 Å². The third-order valence-electron chi connectivity index (χ3n) is 7.23. The number of hydrogen-bond acceptors (Lipinski definition) is 8. The van der Waals surface area contributed by atoms with Crippen molar-refractivity contribution in [2.24, 2.45) is 0 Å². The molecule has 0 unspecified atom stereocenters. The van der Waals surface area contributed by atoms with Crippen LogP contribution in [-0.4, -0.2) is 104 Å². The van der Waals surface area contributed by atoms with E-state index in [0.29, 0.717) is 56.7 Å². The molecular formula is C25H32F3N3O5S2. The van der Waals surface area contributed by atoms with Gasteiger partial charge in [-0.1, -0.05) is 36.5 Å². The fourth-order valence-corrected chi connectivity index (χ4v) is 7.00. The molecule has 38 heavy (non-hydrogen) atoms. The van der Waals surface area contributed by atoms with Crippen molar-refractivity contribution in [2.45, 2.75) is 37.3 Å². The van der Waals surface area contributed by atoms with Gasteiger partial charge >= 0.3 is 6.18 Å². The number of hydrogen-bond donors (Lipinski definition) is 2. The summed E-state index contributed by atoms with van der Waals surface area (Å²) in [5.74, 6) is 0. The van der Waals surface area contributed by atoms with Gasteiger partial charge in [-0.25, -0.2) is 8.42 Å². The second kappa shape index (κ2) is 11.3. The van der Waals surface area contributed by atoms with Gasteiger partial charge in [-0.2, -0.15) is 17.5 Å². The summed E-state index contributed by atoms with van der Waals surface area (Å²) in [5, 5.41) is 19.6. The molecule has 0 bridgehead atoms. The topological polar surface area (TPSA) is 93.6 Å². The fraction of sp³-hybridized carbons (Fsp3) is 0.560. The summed E-state index contributed by atoms with van der Waals surface area (Å²) in [4.78, 5) is 4.55. The first-order chi connectivity index (χ1) is 17.8. The van der Waals surface area contributed by atoms with Crippen LogP contribution in [0.4, 0.5) is 18.9 Å². The SMILES string of the molecule is C[C@](O)(c1ccc(N2CCN(S(=O)(=O)C3=CC=CCC3=S)C[C@H]2CN2CCO[C@@H](CO)C2)cc1)C(F)(F)F. The molecule has 2 N–H and O–H groups in total. The van der Waals surface area contributed by atoms with E-state index >= 15 is 0 Å². The first-order valence-corrected chi connectivity index (χ1v) is 14.2. The number of alkyl halides is 3. The molecule has 1 aliphatic carbocycles. The number of ether oxygens (including phenoxy) is 1. The van der Waals surface area contributed by atoms with Gasteiger partial charge in [0.25, 0.3) is 0 Å². The number of benzene rings is 1. The molecule has 0 radical (unpaired) electrons. The van der Waals surface area contributed by atoms with Gasteiger partial charge in [-0.3, -0.25) is 4.90 Å². The van der Waals surface area contributed by atoms with Crippen molar-refractivity contribution in [3.63, 3.8) is 0 Å². The Labute approximate surface area is 226 Å². The average molecular weight is 576 g/mol. The van der Waals surface area contributed by atoms with Crippen LogP contribution in [0.1, 0.15) is 18.9 Å². The van der Waals surface area contributed by atoms with E-state index in [9.17, 15) is 31.8 Å². The molecule has 2 aliphatic heterocycles. The van der Waals surface area contributed by atoms with E-state index in [1.807, 2.05) is 4.90 Å². The minimum absolute atomic E-state index is 0.118. The first-order valence-electron chi connectivity index (χ1n) is 12.4. The molecule has 2 heterocycles. The number of allylic oxidation sites excluding steroid dienone is 4. The Kier molecular flexibility index (Phi) is 8.67. The third-order valence-corrected chi connectivity index (χ3v) is 9.70. The lowest BCUT2D eigenvalue weighted by molar-refractivity contribution is -0.258. The predicted octanol–water partition coefficient (Wildman–Crippen LogP) is 2.18. The Morgan fingerprint density at radius 1 is 1.13 bits per heavy atom. The number of aliphatic hydroxyl groups is 2. The summed E-state index contributed by atoms with van der Waals surface area (Å²) < 4.78 is 73.9. The Morgan fingerprint density at radius 3 is 2.47 bits per heavy atom. The lowest BCUT2D eigenvalue weighted by Crippen LogP contribution is -2.60. The minimum Gasteiger partial charge on any atom is -0.394 e. The van der Waals surface area contributed by atoms with Gasteiger partial charge in [-0.05, 0) is 30.7 Å². The van der Waals surface area contributed by atoms with Crippen molar-refractivity contribution in [1.29, 1.82) is 0 Å². The van der Waals surface area contributed by atoms with Crippen LogP contribution in [0, 0.1) is 0 Å². The highest BCUT2D eigenvalue weighted by atomic mass is 32.2. The zero-order valence-corrected chi connectivity index (χ0v) is 22.6. The van der Waals surface area contributed by atoms with E-state index in [2.05, 4.69) is 4.90 Å². The molecule has 4 rings (SSSR count). The first kappa shape index (κ1) is 29.1. The van der Waals surface area contributed by atoms with Crippen LogP contribution in [0.2, 0.25) is 0 Å². The number of aliphatic hydroxyl groups excluding tert-OH is 1. The van der Waals surface area contributed by atoms with Gasteiger partial charge in [0.1, 0.15) is 0 Å². The molecule has 2 saturated heterocycles. The Hall–Kier alpha value is -1.87. The molecule has 0 amide bonds. The summed E-state index contributed by atoms with van der Waals surface area (Å²) in [6, 6.07) is 5.20. The van der Waals surface area contributed by atoms with Crippen molar-refractivity contribution in [3.8, 4) is 0 Å². The van der Waals surface area contributed by atoms with Crippen LogP contribution < -0.4 is 4.90 Å². The molecular weight excluding hydrogens is 543 g/mol. The van der Waals surface area contributed by atoms with Crippen molar-refractivity contribution >= 4 is 32.8 Å². The number of piperazine rings is 1. The fourth-order valence-electron chi connectivity index (χ4n) is 4.93. The van der Waals surface area contributed by atoms with Crippen LogP contribution >= 0.6 is 12.2 Å². The van der Waals surface area contributed by atoms with Gasteiger partial charge in [0.2, 0.25) is 10.0 Å². The summed E-state index contributed by atoms with van der Waals surface area (Å²) in [6.45, 7) is 3.16. The second-order valence-corrected chi connectivity index (χ2v) is 12.2. The summed E-state index contributed by atoms with van der Waals surface area (Å²) in [6.07, 6.45) is 0.200. The van der Waals surface area contributed by atoms with E-state index < -0.39 is 21.8 Å². The number of halogens is 3. The van der Waals surface area contributed by atoms with E-state index in [-0.39, 0.29) is 42.3 Å². The lowest BCUT2D eigenvalue weighted by atomic mass is 9.95. The van der Waals surface area contributed by atoms with Gasteiger partial charge < -0.3 is 19.8 Å². The van der Waals surface area contributed by atoms with Gasteiger partial charge in [0.05, 0.1) is 30.3 Å². The Bertz CT molecular complexity index is 1190. The molecule has 0 spiro atoms. The lowest BCUT2D eigenvalue weighted by Gasteiger charge is -2.45. The zero-order valence-electron chi connectivity index (χ0n) is 21.0. The summed E-state index contributed by atoms with van der Waals surface area (Å²) in [5.41, 5.74) is -2.65. The van der Waals surface area contributed by atoms with Crippen LogP contribution in [0.5, 0.6) is 0 Å². The molecule has 1 aromatic carbocycles. The monoisotopic (exact) mass is 575 g/mol.